The second kappa shape index (κ2) is 3.97. The fraction of sp³-hybridized carbons (Fsp3) is 0.125. The van der Waals surface area contributed by atoms with Crippen LogP contribution < -0.4 is 17.2 Å². The van der Waals surface area contributed by atoms with Crippen LogP contribution in [0.15, 0.2) is 21.4 Å². The molecule has 0 saturated carbocycles. The molecule has 8 heteroatoms. The highest BCUT2D eigenvalue weighted by Crippen LogP contribution is 2.22. The molecule has 0 aliphatic carbocycles. The van der Waals surface area contributed by atoms with Crippen LogP contribution in [-0.4, -0.2) is 14.4 Å². The van der Waals surface area contributed by atoms with Crippen molar-refractivity contribution in [3.8, 4) is 0 Å². The summed E-state index contributed by atoms with van der Waals surface area (Å²) in [5.74, 6) is -1.29. The third-order valence-electron chi connectivity index (χ3n) is 1.80. The maximum absolute atomic E-state index is 13.0. The second-order valence-electron chi connectivity index (χ2n) is 3.13. The molecule has 6 N–H and O–H groups in total. The van der Waals surface area contributed by atoms with E-state index in [1.807, 2.05) is 0 Å². The van der Waals surface area contributed by atoms with E-state index in [-0.39, 0.29) is 16.1 Å². The van der Waals surface area contributed by atoms with E-state index in [4.69, 9.17) is 17.2 Å². The normalized spacial score (nSPS) is 11.1. The van der Waals surface area contributed by atoms with Gasteiger partial charge in [0.2, 0.25) is 5.96 Å². The van der Waals surface area contributed by atoms with Gasteiger partial charge in [0.05, 0.1) is 10.6 Å². The summed E-state index contributed by atoms with van der Waals surface area (Å²) in [5.41, 5.74) is 15.1. The number of nitrogens with zero attached hydrogens (tertiary/aromatic N) is 1. The number of rotatable bonds is 2. The first-order chi connectivity index (χ1) is 7.24. The Kier molecular flexibility index (Phi) is 3.04. The van der Waals surface area contributed by atoms with Gasteiger partial charge in [-0.1, -0.05) is 0 Å². The zero-order valence-electron chi connectivity index (χ0n) is 8.44. The summed E-state index contributed by atoms with van der Waals surface area (Å²) in [7, 11) is -4.04. The van der Waals surface area contributed by atoms with Crippen LogP contribution in [-0.2, 0) is 10.0 Å². The first-order valence-electron chi connectivity index (χ1n) is 4.15. The van der Waals surface area contributed by atoms with Crippen molar-refractivity contribution in [1.29, 1.82) is 0 Å². The van der Waals surface area contributed by atoms with Crippen molar-refractivity contribution in [2.24, 2.45) is 15.9 Å². The van der Waals surface area contributed by atoms with E-state index in [1.54, 1.807) is 0 Å². The van der Waals surface area contributed by atoms with Crippen LogP contribution >= 0.6 is 0 Å². The molecule has 0 bridgehead atoms. The molecule has 6 nitrogen and oxygen atoms in total. The van der Waals surface area contributed by atoms with E-state index in [1.165, 1.54) is 6.92 Å². The van der Waals surface area contributed by atoms with Crippen molar-refractivity contribution in [2.45, 2.75) is 11.8 Å². The number of aryl methyl sites for hydroxylation is 1. The number of anilines is 1. The number of hydrogen-bond acceptors (Lipinski definition) is 3. The molecule has 0 aliphatic heterocycles. The minimum absolute atomic E-state index is 0.178. The zero-order valence-corrected chi connectivity index (χ0v) is 9.25. The molecular formula is C8H11FN4O2S. The molecule has 0 amide bonds. The first-order valence-corrected chi connectivity index (χ1v) is 5.59. The third kappa shape index (κ3) is 2.40. The predicted molar refractivity (Wildman–Crippen MR) is 58.5 cm³/mol. The highest BCUT2D eigenvalue weighted by molar-refractivity contribution is 7.90. The average molecular weight is 246 g/mol. The second-order valence-corrected chi connectivity index (χ2v) is 4.70. The van der Waals surface area contributed by atoms with Crippen molar-refractivity contribution in [3.05, 3.63) is 23.5 Å². The standard InChI is InChI=1S/C8H11FN4O2S/c1-4-2-5(9)6(10)3-7(4)16(14,15)13-8(11)12/h2-3H,10H2,1H3,(H4,11,12,13). The summed E-state index contributed by atoms with van der Waals surface area (Å²) in [4.78, 5) is -0.222. The lowest BCUT2D eigenvalue weighted by Crippen LogP contribution is -2.24. The lowest BCUT2D eigenvalue weighted by molar-refractivity contribution is 0.596. The minimum Gasteiger partial charge on any atom is -0.396 e. The quantitative estimate of drug-likeness (QED) is 0.374. The van der Waals surface area contributed by atoms with Gasteiger partial charge in [0.1, 0.15) is 5.82 Å². The Balaban J connectivity index is 3.46. The zero-order chi connectivity index (χ0) is 12.5. The summed E-state index contributed by atoms with van der Waals surface area (Å²) in [6.07, 6.45) is 0. The Morgan fingerprint density at radius 1 is 1.38 bits per heavy atom. The van der Waals surface area contributed by atoms with Crippen LogP contribution in [0.1, 0.15) is 5.56 Å². The molecule has 0 aliphatic rings. The van der Waals surface area contributed by atoms with E-state index in [9.17, 15) is 12.8 Å². The summed E-state index contributed by atoms with van der Waals surface area (Å²) in [6, 6.07) is 1.98. The molecular weight excluding hydrogens is 235 g/mol. The van der Waals surface area contributed by atoms with Crippen LogP contribution in [0, 0.1) is 12.7 Å². The van der Waals surface area contributed by atoms with Crippen LogP contribution in [0.2, 0.25) is 0 Å². The van der Waals surface area contributed by atoms with E-state index < -0.39 is 21.8 Å². The third-order valence-corrected chi connectivity index (χ3v) is 3.24. The van der Waals surface area contributed by atoms with Crippen molar-refractivity contribution >= 4 is 21.7 Å². The van der Waals surface area contributed by atoms with Crippen LogP contribution in [0.3, 0.4) is 0 Å². The molecule has 0 aromatic heterocycles. The molecule has 0 spiro atoms. The smallest absolute Gasteiger partial charge is 0.285 e. The van der Waals surface area contributed by atoms with Gasteiger partial charge in [0, 0.05) is 0 Å². The monoisotopic (exact) mass is 246 g/mol. The van der Waals surface area contributed by atoms with Gasteiger partial charge in [0.25, 0.3) is 10.0 Å². The SMILES string of the molecule is Cc1cc(F)c(N)cc1S(=O)(=O)N=C(N)N. The molecule has 0 radical (unpaired) electrons. The highest BCUT2D eigenvalue weighted by Gasteiger charge is 2.18. The largest absolute Gasteiger partial charge is 0.396 e. The van der Waals surface area contributed by atoms with Gasteiger partial charge in [0.15, 0.2) is 0 Å². The van der Waals surface area contributed by atoms with Gasteiger partial charge in [-0.25, -0.2) is 4.39 Å². The Morgan fingerprint density at radius 2 is 1.94 bits per heavy atom. The maximum Gasteiger partial charge on any atom is 0.285 e. The van der Waals surface area contributed by atoms with Crippen LogP contribution in [0.4, 0.5) is 10.1 Å². The number of guanidine groups is 1. The molecule has 1 aromatic rings. The fourth-order valence-corrected chi connectivity index (χ4v) is 2.25. The number of sulfonamides is 1. The van der Waals surface area contributed by atoms with Crippen molar-refractivity contribution in [1.82, 2.24) is 0 Å². The van der Waals surface area contributed by atoms with Gasteiger partial charge in [-0.05, 0) is 24.6 Å². The molecule has 0 atom stereocenters. The summed E-state index contributed by atoms with van der Waals surface area (Å²) < 4.78 is 39.3. The average Bonchev–Trinajstić information content (AvgIpc) is 2.08. The topological polar surface area (TPSA) is 125 Å². The number of benzene rings is 1. The van der Waals surface area contributed by atoms with Crippen molar-refractivity contribution in [3.63, 3.8) is 0 Å². The number of halogens is 1. The predicted octanol–water partition coefficient (Wildman–Crippen LogP) is -0.322. The molecule has 0 saturated heterocycles. The Hall–Kier alpha value is -1.83. The van der Waals surface area contributed by atoms with Gasteiger partial charge in [-0.3, -0.25) is 0 Å². The Morgan fingerprint density at radius 3 is 2.44 bits per heavy atom. The van der Waals surface area contributed by atoms with E-state index in [0.29, 0.717) is 0 Å². The minimum atomic E-state index is -4.04. The fourth-order valence-electron chi connectivity index (χ4n) is 1.13. The number of hydrogen-bond donors (Lipinski definition) is 3. The van der Waals surface area contributed by atoms with Crippen LogP contribution in [0.25, 0.3) is 0 Å². The van der Waals surface area contributed by atoms with Gasteiger partial charge in [-0.2, -0.15) is 8.42 Å². The lowest BCUT2D eigenvalue weighted by Gasteiger charge is -2.05. The Bertz CT molecular complexity index is 549. The molecule has 1 aromatic carbocycles. The highest BCUT2D eigenvalue weighted by atomic mass is 32.2. The van der Waals surface area contributed by atoms with Crippen molar-refractivity contribution < 1.29 is 12.8 Å². The first kappa shape index (κ1) is 12.2. The number of nitrogens with two attached hydrogens (primary N) is 3. The van der Waals surface area contributed by atoms with E-state index in [0.717, 1.165) is 12.1 Å². The Labute approximate surface area is 92.0 Å². The lowest BCUT2D eigenvalue weighted by atomic mass is 10.2. The summed E-state index contributed by atoms with van der Waals surface area (Å²) in [5, 5.41) is 0. The van der Waals surface area contributed by atoms with Gasteiger partial charge < -0.3 is 17.2 Å². The summed E-state index contributed by atoms with van der Waals surface area (Å²) in [6.45, 7) is 1.41. The van der Waals surface area contributed by atoms with E-state index >= 15 is 0 Å². The van der Waals surface area contributed by atoms with Crippen molar-refractivity contribution in [2.75, 3.05) is 5.73 Å². The summed E-state index contributed by atoms with van der Waals surface area (Å²) >= 11 is 0. The number of nitrogen functional groups attached to an aromatic ring is 1. The van der Waals surface area contributed by atoms with Gasteiger partial charge >= 0.3 is 0 Å². The molecule has 1 rings (SSSR count). The van der Waals surface area contributed by atoms with E-state index in [2.05, 4.69) is 4.40 Å². The maximum atomic E-state index is 13.0. The van der Waals surface area contributed by atoms with Crippen LogP contribution in [0.5, 0.6) is 0 Å². The molecule has 16 heavy (non-hydrogen) atoms. The van der Waals surface area contributed by atoms with Gasteiger partial charge in [-0.15, -0.1) is 4.40 Å². The molecule has 88 valence electrons. The molecule has 0 heterocycles. The molecule has 0 unspecified atom stereocenters. The molecule has 0 fully saturated rings.